The van der Waals surface area contributed by atoms with Gasteiger partial charge < -0.3 is 20.4 Å². The number of phenols is 3. The molecule has 1 atom stereocenters. The second kappa shape index (κ2) is 12.4. The topological polar surface area (TPSA) is 98.0 Å². The third kappa shape index (κ3) is 7.48. The summed E-state index contributed by atoms with van der Waals surface area (Å²) in [6.07, 6.45) is 9.61. The molecule has 0 fully saturated rings. The quantitative estimate of drug-likeness (QED) is 0.264. The summed E-state index contributed by atoms with van der Waals surface area (Å²) in [6, 6.07) is 8.99. The van der Waals surface area contributed by atoms with E-state index in [1.54, 1.807) is 12.1 Å². The molecule has 0 aromatic heterocycles. The van der Waals surface area contributed by atoms with Gasteiger partial charge in [-0.05, 0) is 42.3 Å². The highest BCUT2D eigenvalue weighted by atomic mass is 32.2. The van der Waals surface area contributed by atoms with E-state index in [0.29, 0.717) is 21.8 Å². The van der Waals surface area contributed by atoms with Gasteiger partial charge in [0.1, 0.15) is 17.2 Å². The van der Waals surface area contributed by atoms with Crippen molar-refractivity contribution in [3.63, 3.8) is 0 Å². The Morgan fingerprint density at radius 1 is 0.833 bits per heavy atom. The van der Waals surface area contributed by atoms with Gasteiger partial charge in [0.05, 0.1) is 10.8 Å². The van der Waals surface area contributed by atoms with Gasteiger partial charge in [-0.15, -0.1) is 0 Å². The molecular weight excluding hydrogens is 400 g/mol. The smallest absolute Gasteiger partial charge is 0.311 e. The highest BCUT2D eigenvalue weighted by molar-refractivity contribution is 7.99. The zero-order chi connectivity index (χ0) is 21.9. The molecule has 0 radical (unpaired) electrons. The van der Waals surface area contributed by atoms with Gasteiger partial charge in [-0.3, -0.25) is 4.79 Å². The van der Waals surface area contributed by atoms with Gasteiger partial charge in [-0.25, -0.2) is 0 Å². The van der Waals surface area contributed by atoms with Gasteiger partial charge in [-0.1, -0.05) is 70.1 Å². The molecule has 1 unspecified atom stereocenters. The van der Waals surface area contributed by atoms with Crippen LogP contribution in [0, 0.1) is 0 Å². The lowest BCUT2D eigenvalue weighted by molar-refractivity contribution is -0.139. The second-order valence-corrected chi connectivity index (χ2v) is 8.71. The number of hydrogen-bond acceptors (Lipinski definition) is 5. The summed E-state index contributed by atoms with van der Waals surface area (Å²) in [4.78, 5) is 13.2. The summed E-state index contributed by atoms with van der Waals surface area (Å²) >= 11 is 1.22. The van der Waals surface area contributed by atoms with E-state index in [1.165, 1.54) is 68.1 Å². The predicted molar refractivity (Wildman–Crippen MR) is 120 cm³/mol. The first-order valence-corrected chi connectivity index (χ1v) is 11.5. The highest BCUT2D eigenvalue weighted by Gasteiger charge is 2.24. The molecule has 5 nitrogen and oxygen atoms in total. The first kappa shape index (κ1) is 23.9. The van der Waals surface area contributed by atoms with Crippen LogP contribution >= 0.6 is 11.8 Å². The number of aromatic hydroxyl groups is 3. The molecule has 6 heteroatoms. The van der Waals surface area contributed by atoms with Gasteiger partial charge >= 0.3 is 5.97 Å². The summed E-state index contributed by atoms with van der Waals surface area (Å²) in [5.74, 6) is -1.74. The van der Waals surface area contributed by atoms with Crippen molar-refractivity contribution < 1.29 is 25.2 Å². The fraction of sp³-hybridized carbons (Fsp3) is 0.458. The Bertz CT molecular complexity index is 821. The standard InChI is InChI=1S/C24H32O5S/c1-2-3-4-5-6-7-8-9-10-19(24(28)29)20-15-17(25)11-13-22(20)30-23-14-12-18(26)16-21(23)27/h11-16,19,25-27H,2-10H2,1H3,(H,28,29). The van der Waals surface area contributed by atoms with Gasteiger partial charge in [0, 0.05) is 11.0 Å². The van der Waals surface area contributed by atoms with E-state index in [0.717, 1.165) is 19.3 Å². The van der Waals surface area contributed by atoms with Gasteiger partial charge in [-0.2, -0.15) is 0 Å². The lowest BCUT2D eigenvalue weighted by Gasteiger charge is -2.17. The molecule has 4 N–H and O–H groups in total. The molecule has 0 aliphatic carbocycles. The minimum Gasteiger partial charge on any atom is -0.508 e. The Morgan fingerprint density at radius 2 is 1.40 bits per heavy atom. The number of benzene rings is 2. The summed E-state index contributed by atoms with van der Waals surface area (Å²) in [7, 11) is 0. The summed E-state index contributed by atoms with van der Waals surface area (Å²) < 4.78 is 0. The van der Waals surface area contributed by atoms with Crippen molar-refractivity contribution in [1.82, 2.24) is 0 Å². The number of aliphatic carboxylic acids is 1. The number of rotatable bonds is 13. The predicted octanol–water partition coefficient (Wildman–Crippen LogP) is 6.65. The highest BCUT2D eigenvalue weighted by Crippen LogP contribution is 2.41. The Labute approximate surface area is 182 Å². The summed E-state index contributed by atoms with van der Waals surface area (Å²) in [6.45, 7) is 2.20. The third-order valence-electron chi connectivity index (χ3n) is 5.18. The Kier molecular flexibility index (Phi) is 9.87. The van der Waals surface area contributed by atoms with Gasteiger partial charge in [0.2, 0.25) is 0 Å². The maximum absolute atomic E-state index is 12.0. The molecule has 0 aliphatic rings. The monoisotopic (exact) mass is 432 g/mol. The van der Waals surface area contributed by atoms with Crippen molar-refractivity contribution in [2.45, 2.75) is 80.4 Å². The number of carbonyl (C=O) groups is 1. The molecule has 2 aromatic carbocycles. The molecule has 0 bridgehead atoms. The van der Waals surface area contributed by atoms with Crippen LogP contribution in [0.3, 0.4) is 0 Å². The van der Waals surface area contributed by atoms with E-state index in [-0.39, 0.29) is 17.2 Å². The van der Waals surface area contributed by atoms with E-state index in [1.807, 2.05) is 0 Å². The van der Waals surface area contributed by atoms with Crippen LogP contribution in [0.25, 0.3) is 0 Å². The molecule has 0 saturated heterocycles. The van der Waals surface area contributed by atoms with E-state index in [2.05, 4.69) is 6.92 Å². The van der Waals surface area contributed by atoms with Crippen LogP contribution in [0.15, 0.2) is 46.2 Å². The van der Waals surface area contributed by atoms with Gasteiger partial charge in [0.25, 0.3) is 0 Å². The molecule has 0 aliphatic heterocycles. The van der Waals surface area contributed by atoms with Crippen LogP contribution in [0.5, 0.6) is 17.2 Å². The molecular formula is C24H32O5S. The van der Waals surface area contributed by atoms with E-state index in [9.17, 15) is 25.2 Å². The van der Waals surface area contributed by atoms with Crippen molar-refractivity contribution in [3.05, 3.63) is 42.0 Å². The number of carboxylic acid groups (broad SMARTS) is 1. The molecule has 164 valence electrons. The molecule has 0 heterocycles. The largest absolute Gasteiger partial charge is 0.508 e. The normalized spacial score (nSPS) is 12.0. The Balaban J connectivity index is 2.06. The van der Waals surface area contributed by atoms with Crippen molar-refractivity contribution in [1.29, 1.82) is 0 Å². The van der Waals surface area contributed by atoms with Crippen LogP contribution < -0.4 is 0 Å². The molecule has 0 spiro atoms. The zero-order valence-corrected chi connectivity index (χ0v) is 18.3. The van der Waals surface area contributed by atoms with Crippen molar-refractivity contribution >= 4 is 17.7 Å². The van der Waals surface area contributed by atoms with Crippen LogP contribution in [0.2, 0.25) is 0 Å². The van der Waals surface area contributed by atoms with Crippen LogP contribution in [-0.4, -0.2) is 26.4 Å². The fourth-order valence-electron chi connectivity index (χ4n) is 3.51. The first-order chi connectivity index (χ1) is 14.4. The second-order valence-electron chi connectivity index (χ2n) is 7.63. The average molecular weight is 433 g/mol. The number of carboxylic acids is 1. The van der Waals surface area contributed by atoms with E-state index < -0.39 is 11.9 Å². The van der Waals surface area contributed by atoms with Crippen molar-refractivity contribution in [2.24, 2.45) is 0 Å². The number of hydrogen-bond donors (Lipinski definition) is 4. The van der Waals surface area contributed by atoms with E-state index >= 15 is 0 Å². The van der Waals surface area contributed by atoms with Crippen LogP contribution in [-0.2, 0) is 4.79 Å². The van der Waals surface area contributed by atoms with Crippen molar-refractivity contribution in [3.8, 4) is 17.2 Å². The molecule has 0 amide bonds. The SMILES string of the molecule is CCCCCCCCCCC(C(=O)O)c1cc(O)ccc1Sc1ccc(O)cc1O. The minimum atomic E-state index is -0.916. The average Bonchev–Trinajstić information content (AvgIpc) is 2.70. The molecule has 2 rings (SSSR count). The molecule has 2 aromatic rings. The zero-order valence-electron chi connectivity index (χ0n) is 17.5. The lowest BCUT2D eigenvalue weighted by Crippen LogP contribution is -2.12. The fourth-order valence-corrected chi connectivity index (χ4v) is 4.50. The molecule has 0 saturated carbocycles. The van der Waals surface area contributed by atoms with Crippen LogP contribution in [0.1, 0.15) is 76.2 Å². The maximum Gasteiger partial charge on any atom is 0.311 e. The van der Waals surface area contributed by atoms with Gasteiger partial charge in [0.15, 0.2) is 0 Å². The summed E-state index contributed by atoms with van der Waals surface area (Å²) in [5.41, 5.74) is 0.544. The number of unbranched alkanes of at least 4 members (excludes halogenated alkanes) is 7. The van der Waals surface area contributed by atoms with Crippen LogP contribution in [0.4, 0.5) is 0 Å². The first-order valence-electron chi connectivity index (χ1n) is 10.7. The lowest BCUT2D eigenvalue weighted by atomic mass is 9.92. The third-order valence-corrected chi connectivity index (χ3v) is 6.33. The number of phenolic OH excluding ortho intramolecular Hbond substituents is 3. The maximum atomic E-state index is 12.0. The summed E-state index contributed by atoms with van der Waals surface area (Å²) in [5, 5.41) is 39.3. The Morgan fingerprint density at radius 3 is 2.00 bits per heavy atom. The van der Waals surface area contributed by atoms with E-state index in [4.69, 9.17) is 0 Å². The molecule has 30 heavy (non-hydrogen) atoms. The minimum absolute atomic E-state index is 0.0199. The van der Waals surface area contributed by atoms with Crippen molar-refractivity contribution in [2.75, 3.05) is 0 Å². The Hall–Kier alpha value is -2.34.